The Morgan fingerprint density at radius 1 is 0.545 bits per heavy atom. The molecule has 194 valence electrons. The van der Waals surface area contributed by atoms with Gasteiger partial charge in [0, 0.05) is 0 Å². The molecule has 0 saturated carbocycles. The van der Waals surface area contributed by atoms with Crippen molar-refractivity contribution >= 4 is 0 Å². The number of rotatable bonds is 6. The fourth-order valence-corrected chi connectivity index (χ4v) is 4.03. The number of aliphatic hydroxyl groups excluding tert-OH is 10. The van der Waals surface area contributed by atoms with E-state index in [0.717, 1.165) is 0 Å². The first-order valence-corrected chi connectivity index (χ1v) is 10.4. The standard InChI is InChI=1S/C18H32O15/c1-4-14(9(23)11(25)16(28)29-4)32-18-13(27)10(24)15(6(3-20)31-18)33-17-12(26)8(22)7(21)5(2-19)30-17/h4-28H,2-3H2,1H3/t4-,5+,6+,7+,8-,9-,10+,11+,12-,13+,14-,15-,16?,17-,18+/m0/s1. The van der Waals surface area contributed by atoms with Crippen molar-refractivity contribution in [1.82, 2.24) is 0 Å². The van der Waals surface area contributed by atoms with Crippen LogP contribution < -0.4 is 0 Å². The topological polar surface area (TPSA) is 248 Å². The third-order valence-corrected chi connectivity index (χ3v) is 6.05. The van der Waals surface area contributed by atoms with Gasteiger partial charge in [-0.1, -0.05) is 0 Å². The summed E-state index contributed by atoms with van der Waals surface area (Å²) in [6.45, 7) is -0.0729. The summed E-state index contributed by atoms with van der Waals surface area (Å²) >= 11 is 0. The minimum Gasteiger partial charge on any atom is -0.394 e. The van der Waals surface area contributed by atoms with Crippen molar-refractivity contribution in [3.63, 3.8) is 0 Å². The largest absolute Gasteiger partial charge is 0.394 e. The van der Waals surface area contributed by atoms with E-state index in [1.54, 1.807) is 0 Å². The van der Waals surface area contributed by atoms with Crippen molar-refractivity contribution in [2.45, 2.75) is 99.0 Å². The molecule has 0 aromatic rings. The van der Waals surface area contributed by atoms with E-state index >= 15 is 0 Å². The summed E-state index contributed by atoms with van der Waals surface area (Å²) in [7, 11) is 0. The lowest BCUT2D eigenvalue weighted by Crippen LogP contribution is -2.66. The summed E-state index contributed by atoms with van der Waals surface area (Å²) in [5.74, 6) is 0. The zero-order valence-corrected chi connectivity index (χ0v) is 17.6. The minimum atomic E-state index is -1.83. The van der Waals surface area contributed by atoms with E-state index in [0.29, 0.717) is 0 Å². The van der Waals surface area contributed by atoms with Crippen LogP contribution in [0, 0.1) is 0 Å². The highest BCUT2D eigenvalue weighted by Crippen LogP contribution is 2.32. The van der Waals surface area contributed by atoms with Crippen LogP contribution in [0.15, 0.2) is 0 Å². The minimum absolute atomic E-state index is 0.721. The van der Waals surface area contributed by atoms with Crippen molar-refractivity contribution in [3.8, 4) is 0 Å². The molecule has 0 spiro atoms. The summed E-state index contributed by atoms with van der Waals surface area (Å²) < 4.78 is 26.6. The monoisotopic (exact) mass is 488 g/mol. The van der Waals surface area contributed by atoms with Gasteiger partial charge in [0.05, 0.1) is 19.3 Å². The van der Waals surface area contributed by atoms with E-state index in [9.17, 15) is 51.1 Å². The summed E-state index contributed by atoms with van der Waals surface area (Å²) in [6.07, 6.45) is -23.6. The molecule has 15 nitrogen and oxygen atoms in total. The molecule has 0 aliphatic carbocycles. The summed E-state index contributed by atoms with van der Waals surface area (Å²) in [5, 5.41) is 99.5. The first-order chi connectivity index (χ1) is 15.5. The smallest absolute Gasteiger partial charge is 0.187 e. The van der Waals surface area contributed by atoms with Crippen molar-refractivity contribution < 1.29 is 74.7 Å². The highest BCUT2D eigenvalue weighted by Gasteiger charge is 2.52. The normalized spacial score (nSPS) is 53.7. The van der Waals surface area contributed by atoms with E-state index in [-0.39, 0.29) is 0 Å². The van der Waals surface area contributed by atoms with Gasteiger partial charge in [-0.05, 0) is 6.92 Å². The number of hydrogen-bond acceptors (Lipinski definition) is 15. The molecule has 3 saturated heterocycles. The average Bonchev–Trinajstić information content (AvgIpc) is 2.79. The molecule has 15 heteroatoms. The van der Waals surface area contributed by atoms with Gasteiger partial charge >= 0.3 is 0 Å². The third kappa shape index (κ3) is 5.32. The van der Waals surface area contributed by atoms with E-state index in [2.05, 4.69) is 0 Å². The molecule has 3 heterocycles. The van der Waals surface area contributed by atoms with Gasteiger partial charge in [-0.2, -0.15) is 0 Å². The molecule has 15 atom stereocenters. The van der Waals surface area contributed by atoms with Crippen molar-refractivity contribution in [2.24, 2.45) is 0 Å². The molecule has 0 radical (unpaired) electrons. The van der Waals surface area contributed by atoms with E-state index < -0.39 is 105 Å². The maximum Gasteiger partial charge on any atom is 0.187 e. The zero-order valence-electron chi connectivity index (χ0n) is 17.6. The van der Waals surface area contributed by atoms with Crippen molar-refractivity contribution in [1.29, 1.82) is 0 Å². The third-order valence-electron chi connectivity index (χ3n) is 6.05. The lowest BCUT2D eigenvalue weighted by Gasteiger charge is -2.47. The summed E-state index contributed by atoms with van der Waals surface area (Å²) in [5.41, 5.74) is 0. The van der Waals surface area contributed by atoms with Gasteiger partial charge in [0.1, 0.15) is 67.1 Å². The van der Waals surface area contributed by atoms with Crippen LogP contribution >= 0.6 is 0 Å². The molecule has 1 unspecified atom stereocenters. The molecule has 0 amide bonds. The SMILES string of the molecule is C[C@@H]1OC(O)[C@H](O)[C@H](O)[C@H]1O[C@H]1O[C@H](CO)[C@H](O[C@@H]2O[C@H](CO)[C@@H](O)[C@H](O)[C@@H]2O)[C@H](O)[C@H]1O. The molecular weight excluding hydrogens is 456 g/mol. The zero-order chi connectivity index (χ0) is 24.6. The van der Waals surface area contributed by atoms with Crippen LogP contribution in [0.4, 0.5) is 0 Å². The Hall–Kier alpha value is -0.600. The van der Waals surface area contributed by atoms with Crippen LogP contribution in [-0.2, 0) is 23.7 Å². The van der Waals surface area contributed by atoms with Gasteiger partial charge in [0.15, 0.2) is 18.9 Å². The highest BCUT2D eigenvalue weighted by molar-refractivity contribution is 4.95. The molecule has 3 aliphatic rings. The molecule has 3 aliphatic heterocycles. The molecule has 33 heavy (non-hydrogen) atoms. The molecule has 0 aromatic heterocycles. The van der Waals surface area contributed by atoms with Crippen LogP contribution in [0.3, 0.4) is 0 Å². The maximum atomic E-state index is 10.6. The highest BCUT2D eigenvalue weighted by atomic mass is 16.8. The molecular formula is C18H32O15. The Morgan fingerprint density at radius 3 is 1.61 bits per heavy atom. The quantitative estimate of drug-likeness (QED) is 0.167. The van der Waals surface area contributed by atoms with E-state index in [4.69, 9.17) is 23.7 Å². The molecule has 0 bridgehead atoms. The molecule has 10 N–H and O–H groups in total. The van der Waals surface area contributed by atoms with Crippen LogP contribution in [0.5, 0.6) is 0 Å². The Bertz CT molecular complexity index is 622. The Balaban J connectivity index is 1.70. The van der Waals surface area contributed by atoms with Gasteiger partial charge in [-0.25, -0.2) is 0 Å². The van der Waals surface area contributed by atoms with Gasteiger partial charge in [-0.15, -0.1) is 0 Å². The van der Waals surface area contributed by atoms with E-state index in [1.165, 1.54) is 6.92 Å². The second-order valence-corrected chi connectivity index (χ2v) is 8.32. The first kappa shape index (κ1) is 27.0. The van der Waals surface area contributed by atoms with E-state index in [1.807, 2.05) is 0 Å². The van der Waals surface area contributed by atoms with Crippen LogP contribution in [0.25, 0.3) is 0 Å². The van der Waals surface area contributed by atoms with Crippen molar-refractivity contribution in [2.75, 3.05) is 13.2 Å². The van der Waals surface area contributed by atoms with Crippen LogP contribution in [-0.4, -0.2) is 156 Å². The van der Waals surface area contributed by atoms with Gasteiger partial charge < -0.3 is 74.7 Å². The number of hydrogen-bond donors (Lipinski definition) is 10. The second-order valence-electron chi connectivity index (χ2n) is 8.32. The molecule has 0 aromatic carbocycles. The lowest BCUT2D eigenvalue weighted by molar-refractivity contribution is -0.376. The summed E-state index contributed by atoms with van der Waals surface area (Å²) in [6, 6.07) is 0. The number of ether oxygens (including phenoxy) is 5. The fraction of sp³-hybridized carbons (Fsp3) is 1.00. The van der Waals surface area contributed by atoms with Crippen LogP contribution in [0.2, 0.25) is 0 Å². The Kier molecular flexibility index (Phi) is 8.99. The molecule has 3 fully saturated rings. The second kappa shape index (κ2) is 11.0. The average molecular weight is 488 g/mol. The Labute approximate surface area is 187 Å². The van der Waals surface area contributed by atoms with Crippen LogP contribution in [0.1, 0.15) is 6.92 Å². The fourth-order valence-electron chi connectivity index (χ4n) is 4.03. The van der Waals surface area contributed by atoms with Gasteiger partial charge in [0.25, 0.3) is 0 Å². The predicted octanol–water partition coefficient (Wildman–Crippen LogP) is -6.55. The molecule has 3 rings (SSSR count). The predicted molar refractivity (Wildman–Crippen MR) is 99.8 cm³/mol. The van der Waals surface area contributed by atoms with Crippen molar-refractivity contribution in [3.05, 3.63) is 0 Å². The maximum absolute atomic E-state index is 10.6. The first-order valence-electron chi connectivity index (χ1n) is 10.4. The lowest BCUT2D eigenvalue weighted by atomic mass is 9.96. The summed E-state index contributed by atoms with van der Waals surface area (Å²) in [4.78, 5) is 0. The Morgan fingerprint density at radius 2 is 1.03 bits per heavy atom. The van der Waals surface area contributed by atoms with Gasteiger partial charge in [-0.3, -0.25) is 0 Å². The van der Waals surface area contributed by atoms with Gasteiger partial charge in [0.2, 0.25) is 0 Å². The number of aliphatic hydroxyl groups is 10.